The van der Waals surface area contributed by atoms with E-state index in [-0.39, 0.29) is 18.3 Å². The summed E-state index contributed by atoms with van der Waals surface area (Å²) in [5, 5.41) is 0.723. The zero-order valence-electron chi connectivity index (χ0n) is 11.2. The number of ketones is 1. The third-order valence-corrected chi connectivity index (χ3v) is 3.50. The average molecular weight is 300 g/mol. The normalized spacial score (nSPS) is 20.9. The molecular formula is C15H19Cl2NO. The van der Waals surface area contributed by atoms with Crippen LogP contribution in [0.1, 0.15) is 18.4 Å². The average Bonchev–Trinajstić information content (AvgIpc) is 2.64. The van der Waals surface area contributed by atoms with Gasteiger partial charge in [-0.05, 0) is 56.3 Å². The minimum Gasteiger partial charge on any atom is -0.309 e. The summed E-state index contributed by atoms with van der Waals surface area (Å²) in [6.45, 7) is 0.844. The second-order valence-electron chi connectivity index (χ2n) is 5.08. The van der Waals surface area contributed by atoms with Crippen LogP contribution in [0.25, 0.3) is 6.08 Å². The van der Waals surface area contributed by atoms with Crippen LogP contribution in [0, 0.1) is 5.92 Å². The lowest BCUT2D eigenvalue weighted by atomic mass is 10.0. The molecule has 1 aromatic carbocycles. The topological polar surface area (TPSA) is 20.3 Å². The Labute approximate surface area is 125 Å². The number of allylic oxidation sites excluding steroid dienone is 1. The highest BCUT2D eigenvalue weighted by Crippen LogP contribution is 2.28. The molecule has 1 unspecified atom stereocenters. The van der Waals surface area contributed by atoms with Gasteiger partial charge in [-0.3, -0.25) is 4.79 Å². The summed E-state index contributed by atoms with van der Waals surface area (Å²) in [4.78, 5) is 14.3. The Balaban J connectivity index is 0.00000180. The molecule has 1 aromatic rings. The van der Waals surface area contributed by atoms with Gasteiger partial charge in [-0.15, -0.1) is 12.4 Å². The fraction of sp³-hybridized carbons (Fsp3) is 0.400. The molecule has 0 heterocycles. The fourth-order valence-electron chi connectivity index (χ4n) is 2.36. The lowest BCUT2D eigenvalue weighted by Gasteiger charge is -2.13. The van der Waals surface area contributed by atoms with Crippen molar-refractivity contribution in [3.05, 3.63) is 40.4 Å². The zero-order valence-corrected chi connectivity index (χ0v) is 12.8. The van der Waals surface area contributed by atoms with Gasteiger partial charge in [0.05, 0.1) is 0 Å². The molecule has 19 heavy (non-hydrogen) atoms. The maximum atomic E-state index is 12.2. The number of benzene rings is 1. The predicted octanol–water partition coefficient (Wildman–Crippen LogP) is 3.69. The van der Waals surface area contributed by atoms with Crippen molar-refractivity contribution in [2.75, 3.05) is 20.6 Å². The molecule has 1 aliphatic carbocycles. The van der Waals surface area contributed by atoms with Crippen LogP contribution in [0.5, 0.6) is 0 Å². The number of hydrogen-bond donors (Lipinski definition) is 0. The van der Waals surface area contributed by atoms with Gasteiger partial charge in [-0.25, -0.2) is 0 Å². The van der Waals surface area contributed by atoms with E-state index >= 15 is 0 Å². The van der Waals surface area contributed by atoms with Crippen molar-refractivity contribution in [3.8, 4) is 0 Å². The van der Waals surface area contributed by atoms with Crippen LogP contribution in [0.3, 0.4) is 0 Å². The first-order valence-electron chi connectivity index (χ1n) is 6.21. The van der Waals surface area contributed by atoms with Gasteiger partial charge in [0.25, 0.3) is 0 Å². The molecule has 1 atom stereocenters. The van der Waals surface area contributed by atoms with Gasteiger partial charge in [-0.2, -0.15) is 0 Å². The van der Waals surface area contributed by atoms with Gasteiger partial charge in [0.2, 0.25) is 0 Å². The molecule has 0 N–H and O–H groups in total. The van der Waals surface area contributed by atoms with Crippen molar-refractivity contribution in [2.24, 2.45) is 5.92 Å². The lowest BCUT2D eigenvalue weighted by molar-refractivity contribution is -0.118. The van der Waals surface area contributed by atoms with Crippen LogP contribution in [0.15, 0.2) is 29.8 Å². The predicted molar refractivity (Wildman–Crippen MR) is 83.0 cm³/mol. The third kappa shape index (κ3) is 4.34. The fourth-order valence-corrected chi connectivity index (χ4v) is 2.49. The largest absolute Gasteiger partial charge is 0.309 e. The quantitative estimate of drug-likeness (QED) is 0.794. The lowest BCUT2D eigenvalue weighted by Crippen LogP contribution is -2.24. The highest BCUT2D eigenvalue weighted by molar-refractivity contribution is 6.30. The van der Waals surface area contributed by atoms with Crippen LogP contribution in [-0.4, -0.2) is 31.3 Å². The van der Waals surface area contributed by atoms with E-state index in [0.29, 0.717) is 5.78 Å². The molecule has 0 spiro atoms. The smallest absolute Gasteiger partial charge is 0.163 e. The maximum Gasteiger partial charge on any atom is 0.163 e. The minimum atomic E-state index is 0. The molecule has 1 fully saturated rings. The van der Waals surface area contributed by atoms with Crippen LogP contribution in [0.2, 0.25) is 5.02 Å². The van der Waals surface area contributed by atoms with E-state index in [1.54, 1.807) is 0 Å². The van der Waals surface area contributed by atoms with Crippen LogP contribution in [-0.2, 0) is 4.79 Å². The van der Waals surface area contributed by atoms with Gasteiger partial charge in [0.15, 0.2) is 5.78 Å². The summed E-state index contributed by atoms with van der Waals surface area (Å²) >= 11 is 5.84. The summed E-state index contributed by atoms with van der Waals surface area (Å²) < 4.78 is 0. The standard InChI is InChI=1S/C15H18ClNO.ClH/c1-17(2)10-13-6-5-12(15(13)18)9-11-3-7-14(16)8-4-11;/h3-4,7-9,13H,5-6,10H2,1-2H3;1H/b12-9+;. The molecule has 0 radical (unpaired) electrons. The molecule has 4 heteroatoms. The van der Waals surface area contributed by atoms with Gasteiger partial charge in [-0.1, -0.05) is 23.7 Å². The van der Waals surface area contributed by atoms with Crippen molar-refractivity contribution in [2.45, 2.75) is 12.8 Å². The van der Waals surface area contributed by atoms with Gasteiger partial charge in [0, 0.05) is 17.5 Å². The second-order valence-corrected chi connectivity index (χ2v) is 5.52. The van der Waals surface area contributed by atoms with Gasteiger partial charge >= 0.3 is 0 Å². The Morgan fingerprint density at radius 3 is 2.53 bits per heavy atom. The van der Waals surface area contributed by atoms with E-state index in [1.807, 2.05) is 44.4 Å². The number of halogens is 2. The Morgan fingerprint density at radius 2 is 1.95 bits per heavy atom. The third-order valence-electron chi connectivity index (χ3n) is 3.25. The first-order chi connectivity index (χ1) is 8.56. The van der Waals surface area contributed by atoms with Crippen molar-refractivity contribution in [1.82, 2.24) is 4.90 Å². The number of Topliss-reactive ketones (excluding diaryl/α,β-unsaturated/α-hetero) is 1. The first-order valence-corrected chi connectivity index (χ1v) is 6.59. The zero-order chi connectivity index (χ0) is 13.1. The van der Waals surface area contributed by atoms with Crippen molar-refractivity contribution in [3.63, 3.8) is 0 Å². The summed E-state index contributed by atoms with van der Waals surface area (Å²) in [5.41, 5.74) is 2.00. The number of nitrogens with zero attached hydrogens (tertiary/aromatic N) is 1. The molecule has 0 aliphatic heterocycles. The molecule has 1 aliphatic rings. The summed E-state index contributed by atoms with van der Waals surface area (Å²) in [6, 6.07) is 7.60. The molecule has 1 saturated carbocycles. The van der Waals surface area contributed by atoms with E-state index in [4.69, 9.17) is 11.6 Å². The number of carbonyl (C=O) groups excluding carboxylic acids is 1. The Kier molecular flexibility index (Phi) is 6.05. The molecule has 0 bridgehead atoms. The summed E-state index contributed by atoms with van der Waals surface area (Å²) in [6.07, 6.45) is 3.85. The monoisotopic (exact) mass is 299 g/mol. The van der Waals surface area contributed by atoms with E-state index < -0.39 is 0 Å². The van der Waals surface area contributed by atoms with Crippen molar-refractivity contribution >= 4 is 35.9 Å². The second kappa shape index (κ2) is 7.09. The summed E-state index contributed by atoms with van der Waals surface area (Å²) in [7, 11) is 4.02. The van der Waals surface area contributed by atoms with Crippen molar-refractivity contribution < 1.29 is 4.79 Å². The maximum absolute atomic E-state index is 12.2. The number of hydrogen-bond acceptors (Lipinski definition) is 2. The Hall–Kier alpha value is -0.830. The van der Waals surface area contributed by atoms with Crippen molar-refractivity contribution in [1.29, 1.82) is 0 Å². The molecule has 104 valence electrons. The SMILES string of the molecule is CN(C)CC1CC/C(=C\c2ccc(Cl)cc2)C1=O.Cl. The Morgan fingerprint density at radius 1 is 1.32 bits per heavy atom. The molecule has 0 aromatic heterocycles. The van der Waals surface area contributed by atoms with E-state index in [0.717, 1.165) is 35.5 Å². The Bertz CT molecular complexity index is 466. The number of rotatable bonds is 3. The van der Waals surface area contributed by atoms with E-state index in [2.05, 4.69) is 4.90 Å². The number of carbonyl (C=O) groups is 1. The van der Waals surface area contributed by atoms with E-state index in [1.165, 1.54) is 0 Å². The molecule has 2 nitrogen and oxygen atoms in total. The van der Waals surface area contributed by atoms with Crippen LogP contribution in [0.4, 0.5) is 0 Å². The minimum absolute atomic E-state index is 0. The molecule has 0 amide bonds. The highest BCUT2D eigenvalue weighted by Gasteiger charge is 2.29. The van der Waals surface area contributed by atoms with Crippen LogP contribution >= 0.6 is 24.0 Å². The molecule has 0 saturated heterocycles. The van der Waals surface area contributed by atoms with Gasteiger partial charge < -0.3 is 4.90 Å². The highest BCUT2D eigenvalue weighted by atomic mass is 35.5. The molecular weight excluding hydrogens is 281 g/mol. The van der Waals surface area contributed by atoms with Crippen LogP contribution < -0.4 is 0 Å². The first kappa shape index (κ1) is 16.2. The van der Waals surface area contributed by atoms with E-state index in [9.17, 15) is 4.79 Å². The van der Waals surface area contributed by atoms with Gasteiger partial charge in [0.1, 0.15) is 0 Å². The summed E-state index contributed by atoms with van der Waals surface area (Å²) in [5.74, 6) is 0.470. The molecule has 2 rings (SSSR count).